The summed E-state index contributed by atoms with van der Waals surface area (Å²) in [5.41, 5.74) is 3.45. The molecule has 1 saturated heterocycles. The van der Waals surface area contributed by atoms with Crippen LogP contribution in [0.15, 0.2) is 83.8 Å². The lowest BCUT2D eigenvalue weighted by atomic mass is 9.91. The summed E-state index contributed by atoms with van der Waals surface area (Å²) in [5.74, 6) is 0.792. The lowest BCUT2D eigenvalue weighted by molar-refractivity contribution is -0.268. The molecule has 218 valence electrons. The maximum Gasteiger partial charge on any atom is 0.224 e. The van der Waals surface area contributed by atoms with E-state index in [0.717, 1.165) is 41.7 Å². The predicted molar refractivity (Wildman–Crippen MR) is 162 cm³/mol. The average molecular weight is 577 g/mol. The second kappa shape index (κ2) is 15.7. The molecular weight excluding hydrogens is 536 g/mol. The Morgan fingerprint density at radius 1 is 0.902 bits per heavy atom. The molecule has 0 aliphatic carbocycles. The number of aliphatic hydroxyl groups is 1. The Labute approximate surface area is 247 Å². The van der Waals surface area contributed by atoms with Crippen LogP contribution in [0, 0.1) is 5.92 Å². The fourth-order valence-electron chi connectivity index (χ4n) is 4.84. The number of hydrogen-bond acceptors (Lipinski definition) is 6. The second-order valence-corrected chi connectivity index (χ2v) is 11.5. The predicted octanol–water partition coefficient (Wildman–Crippen LogP) is 6.40. The van der Waals surface area contributed by atoms with Crippen LogP contribution in [0.1, 0.15) is 68.6 Å². The highest BCUT2D eigenvalue weighted by Crippen LogP contribution is 2.43. The van der Waals surface area contributed by atoms with Crippen LogP contribution < -0.4 is 10.6 Å². The van der Waals surface area contributed by atoms with Gasteiger partial charge in [0.05, 0.1) is 18.8 Å². The zero-order valence-electron chi connectivity index (χ0n) is 23.8. The summed E-state index contributed by atoms with van der Waals surface area (Å²) in [6.07, 6.45) is 2.04. The summed E-state index contributed by atoms with van der Waals surface area (Å²) in [6.45, 7) is 4.30. The average Bonchev–Trinajstić information content (AvgIpc) is 2.99. The van der Waals surface area contributed by atoms with Crippen LogP contribution in [0.3, 0.4) is 0 Å². The van der Waals surface area contributed by atoms with Crippen molar-refractivity contribution in [1.82, 2.24) is 5.32 Å². The van der Waals surface area contributed by atoms with E-state index in [0.29, 0.717) is 18.7 Å². The van der Waals surface area contributed by atoms with Crippen LogP contribution in [-0.2, 0) is 25.7 Å². The van der Waals surface area contributed by atoms with E-state index in [1.165, 1.54) is 11.8 Å². The molecule has 4 atom stereocenters. The van der Waals surface area contributed by atoms with Gasteiger partial charge < -0.3 is 25.2 Å². The number of rotatable bonds is 13. The number of anilines is 1. The number of hydrogen-bond donors (Lipinski definition) is 3. The highest BCUT2D eigenvalue weighted by atomic mass is 32.2. The first kappa shape index (κ1) is 30.8. The number of ether oxygens (including phenoxy) is 2. The minimum absolute atomic E-state index is 0.000972. The largest absolute Gasteiger partial charge is 0.392 e. The summed E-state index contributed by atoms with van der Waals surface area (Å²) in [5, 5.41) is 15.3. The van der Waals surface area contributed by atoms with Crippen LogP contribution in [-0.4, -0.2) is 35.3 Å². The van der Waals surface area contributed by atoms with Gasteiger partial charge in [0.15, 0.2) is 6.29 Å². The number of benzene rings is 3. The lowest BCUT2D eigenvalue weighted by Gasteiger charge is -2.41. The van der Waals surface area contributed by atoms with Gasteiger partial charge in [0, 0.05) is 47.7 Å². The van der Waals surface area contributed by atoms with Crippen molar-refractivity contribution >= 4 is 29.3 Å². The standard InChI is InChI=1S/C33H40N2O5S/c1-23-30(22-41-29-12-5-3-6-13-29)39-33(40-32(23)26-17-15-25(21-36)16-18-26)27-10-9-11-28(20-27)35-31(38)14-7-4-8-19-34-24(2)37/h3,5-6,9-13,15-18,20,23,30,32-33,36H,4,7-8,14,19,21-22H2,1-2H3,(H,34,37)(H,35,38). The van der Waals surface area contributed by atoms with Crippen LogP contribution in [0.2, 0.25) is 0 Å². The molecule has 1 aliphatic heterocycles. The van der Waals surface area contributed by atoms with Crippen molar-refractivity contribution in [2.75, 3.05) is 17.6 Å². The maximum atomic E-state index is 12.6. The molecule has 8 heteroatoms. The van der Waals surface area contributed by atoms with E-state index in [1.54, 1.807) is 11.8 Å². The molecular formula is C33H40N2O5S. The number of carbonyl (C=O) groups is 2. The van der Waals surface area contributed by atoms with E-state index >= 15 is 0 Å². The molecule has 3 N–H and O–H groups in total. The number of unbranched alkanes of at least 4 members (excludes halogenated alkanes) is 2. The zero-order chi connectivity index (χ0) is 29.0. The molecule has 41 heavy (non-hydrogen) atoms. The Balaban J connectivity index is 1.43. The van der Waals surface area contributed by atoms with Crippen LogP contribution in [0.4, 0.5) is 5.69 Å². The van der Waals surface area contributed by atoms with E-state index in [1.807, 2.05) is 66.7 Å². The number of aliphatic hydroxyl groups excluding tert-OH is 1. The van der Waals surface area contributed by atoms with Crippen molar-refractivity contribution < 1.29 is 24.2 Å². The molecule has 0 spiro atoms. The Morgan fingerprint density at radius 3 is 2.41 bits per heavy atom. The van der Waals surface area contributed by atoms with Gasteiger partial charge in [-0.1, -0.05) is 67.9 Å². The molecule has 1 heterocycles. The summed E-state index contributed by atoms with van der Waals surface area (Å²) >= 11 is 1.77. The van der Waals surface area contributed by atoms with E-state index in [2.05, 4.69) is 29.7 Å². The molecule has 3 aromatic carbocycles. The number of nitrogens with one attached hydrogen (secondary N) is 2. The molecule has 2 amide bonds. The molecule has 4 rings (SSSR count). The van der Waals surface area contributed by atoms with Gasteiger partial charge in [0.1, 0.15) is 0 Å². The molecule has 7 nitrogen and oxygen atoms in total. The minimum Gasteiger partial charge on any atom is -0.392 e. The molecule has 0 saturated carbocycles. The Bertz CT molecular complexity index is 1250. The van der Waals surface area contributed by atoms with Gasteiger partial charge in [-0.15, -0.1) is 11.8 Å². The minimum atomic E-state index is -0.597. The summed E-state index contributed by atoms with van der Waals surface area (Å²) in [7, 11) is 0. The molecule has 1 fully saturated rings. The van der Waals surface area contributed by atoms with Crippen molar-refractivity contribution in [3.63, 3.8) is 0 Å². The zero-order valence-corrected chi connectivity index (χ0v) is 24.6. The highest BCUT2D eigenvalue weighted by molar-refractivity contribution is 7.99. The first-order chi connectivity index (χ1) is 19.9. The van der Waals surface area contributed by atoms with E-state index in [4.69, 9.17) is 9.47 Å². The quantitative estimate of drug-likeness (QED) is 0.161. The Morgan fingerprint density at radius 2 is 1.68 bits per heavy atom. The van der Waals surface area contributed by atoms with Gasteiger partial charge in [-0.05, 0) is 48.2 Å². The molecule has 4 unspecified atom stereocenters. The molecule has 3 aromatic rings. The van der Waals surface area contributed by atoms with E-state index in [-0.39, 0.29) is 36.5 Å². The summed E-state index contributed by atoms with van der Waals surface area (Å²) < 4.78 is 13.1. The van der Waals surface area contributed by atoms with Gasteiger partial charge >= 0.3 is 0 Å². The molecule has 1 aliphatic rings. The Kier molecular flexibility index (Phi) is 11.8. The van der Waals surface area contributed by atoms with E-state index < -0.39 is 6.29 Å². The Hall–Kier alpha value is -3.17. The summed E-state index contributed by atoms with van der Waals surface area (Å²) in [4.78, 5) is 24.7. The summed E-state index contributed by atoms with van der Waals surface area (Å²) in [6, 6.07) is 25.9. The first-order valence-electron chi connectivity index (χ1n) is 14.3. The van der Waals surface area contributed by atoms with Gasteiger partial charge in [0.25, 0.3) is 0 Å². The smallest absolute Gasteiger partial charge is 0.224 e. The fourth-order valence-corrected chi connectivity index (χ4v) is 5.93. The lowest BCUT2D eigenvalue weighted by Crippen LogP contribution is -2.38. The number of amides is 2. The van der Waals surface area contributed by atoms with Gasteiger partial charge in [-0.3, -0.25) is 9.59 Å². The van der Waals surface area contributed by atoms with Crippen molar-refractivity contribution in [2.24, 2.45) is 5.92 Å². The molecule has 0 radical (unpaired) electrons. The highest BCUT2D eigenvalue weighted by Gasteiger charge is 2.38. The van der Waals surface area contributed by atoms with Crippen molar-refractivity contribution in [2.45, 2.75) is 69.5 Å². The first-order valence-corrected chi connectivity index (χ1v) is 15.2. The third-order valence-corrected chi connectivity index (χ3v) is 8.28. The number of thioether (sulfide) groups is 1. The van der Waals surface area contributed by atoms with Gasteiger partial charge in [-0.2, -0.15) is 0 Å². The molecule has 0 bridgehead atoms. The fraction of sp³-hybridized carbons (Fsp3) is 0.394. The SMILES string of the molecule is CC(=O)NCCCCCC(=O)Nc1cccc(C2OC(CSc3ccccc3)C(C)C(c3ccc(CO)cc3)O2)c1. The van der Waals surface area contributed by atoms with Crippen LogP contribution in [0.25, 0.3) is 0 Å². The monoisotopic (exact) mass is 576 g/mol. The van der Waals surface area contributed by atoms with Crippen molar-refractivity contribution in [3.05, 3.63) is 95.6 Å². The third-order valence-electron chi connectivity index (χ3n) is 7.18. The topological polar surface area (TPSA) is 96.9 Å². The maximum absolute atomic E-state index is 12.6. The van der Waals surface area contributed by atoms with Crippen molar-refractivity contribution in [3.8, 4) is 0 Å². The van der Waals surface area contributed by atoms with Gasteiger partial charge in [-0.25, -0.2) is 0 Å². The number of carbonyl (C=O) groups excluding carboxylic acids is 2. The second-order valence-electron chi connectivity index (χ2n) is 10.4. The molecule has 0 aromatic heterocycles. The van der Waals surface area contributed by atoms with Crippen molar-refractivity contribution in [1.29, 1.82) is 0 Å². The van der Waals surface area contributed by atoms with E-state index in [9.17, 15) is 14.7 Å². The van der Waals surface area contributed by atoms with Crippen LogP contribution >= 0.6 is 11.8 Å². The normalized spacial score (nSPS) is 20.4. The third kappa shape index (κ3) is 9.43. The van der Waals surface area contributed by atoms with Gasteiger partial charge in [0.2, 0.25) is 11.8 Å². The van der Waals surface area contributed by atoms with Crippen LogP contribution in [0.5, 0.6) is 0 Å².